The Balaban J connectivity index is 2.42. The molecule has 0 saturated heterocycles. The number of non-ortho nitro benzene ring substituents is 1. The van der Waals surface area contributed by atoms with Gasteiger partial charge in [0.1, 0.15) is 0 Å². The summed E-state index contributed by atoms with van der Waals surface area (Å²) in [6.45, 7) is 1.13. The smallest absolute Gasteiger partial charge is 0.303 e. The van der Waals surface area contributed by atoms with Crippen LogP contribution >= 0.6 is 11.8 Å². The third-order valence-electron chi connectivity index (χ3n) is 3.17. The summed E-state index contributed by atoms with van der Waals surface area (Å²) < 4.78 is 5.14. The van der Waals surface area contributed by atoms with Crippen molar-refractivity contribution < 1.29 is 19.4 Å². The van der Waals surface area contributed by atoms with Crippen LogP contribution in [0.15, 0.2) is 59.5 Å². The van der Waals surface area contributed by atoms with Crippen molar-refractivity contribution in [3.63, 3.8) is 0 Å². The molecule has 0 N–H and O–H groups in total. The van der Waals surface area contributed by atoms with Gasteiger partial charge in [-0.05, 0) is 23.9 Å². The molecule has 2 aromatic rings. The molecule has 0 aliphatic rings. The van der Waals surface area contributed by atoms with Crippen LogP contribution in [0.2, 0.25) is 0 Å². The molecule has 0 fully saturated rings. The second kappa shape index (κ2) is 8.25. The summed E-state index contributed by atoms with van der Waals surface area (Å²) in [5.41, 5.74) is -0.0454. The molecule has 0 bridgehead atoms. The number of nitrogens with zero attached hydrogens (tertiary/aromatic N) is 2. The minimum absolute atomic E-state index is 0.189. The molecule has 0 saturated carbocycles. The Morgan fingerprint density at radius 2 is 1.76 bits per heavy atom. The molecular weight excluding hydrogens is 348 g/mol. The highest BCUT2D eigenvalue weighted by atomic mass is 32.2. The van der Waals surface area contributed by atoms with Gasteiger partial charge in [0.25, 0.3) is 5.69 Å². The van der Waals surface area contributed by atoms with E-state index in [-0.39, 0.29) is 11.3 Å². The largest absolute Gasteiger partial charge is 0.449 e. The van der Waals surface area contributed by atoms with Crippen LogP contribution in [0.4, 0.5) is 5.69 Å². The van der Waals surface area contributed by atoms with Crippen molar-refractivity contribution in [3.8, 4) is 0 Å². The molecule has 9 heteroatoms. The fourth-order valence-corrected chi connectivity index (χ4v) is 3.15. The van der Waals surface area contributed by atoms with Crippen molar-refractivity contribution >= 4 is 23.4 Å². The first kappa shape index (κ1) is 18.4. The molecule has 25 heavy (non-hydrogen) atoms. The second-order valence-electron chi connectivity index (χ2n) is 4.99. The Morgan fingerprint density at radius 1 is 1.08 bits per heavy atom. The molecule has 0 aliphatic carbocycles. The first-order valence-corrected chi connectivity index (χ1v) is 8.03. The molecule has 8 nitrogen and oxygen atoms in total. The summed E-state index contributed by atoms with van der Waals surface area (Å²) in [6.07, 6.45) is -1.27. The molecule has 0 spiro atoms. The average molecular weight is 362 g/mol. The lowest BCUT2D eigenvalue weighted by Gasteiger charge is -2.20. The van der Waals surface area contributed by atoms with E-state index in [1.54, 1.807) is 30.3 Å². The molecule has 0 radical (unpaired) electrons. The first-order chi connectivity index (χ1) is 11.9. The van der Waals surface area contributed by atoms with E-state index in [2.05, 4.69) is 0 Å². The normalized spacial score (nSPS) is 12.8. The van der Waals surface area contributed by atoms with E-state index in [9.17, 15) is 25.0 Å². The Labute approximate surface area is 147 Å². The molecule has 2 aromatic carbocycles. The fraction of sp³-hybridized carbons (Fsp3) is 0.188. The van der Waals surface area contributed by atoms with Gasteiger partial charge in [-0.3, -0.25) is 25.0 Å². The topological polar surface area (TPSA) is 113 Å². The summed E-state index contributed by atoms with van der Waals surface area (Å²) in [5, 5.41) is 21.2. The summed E-state index contributed by atoms with van der Waals surface area (Å²) in [5.74, 6) is -0.711. The number of nitro benzene ring substituents is 1. The van der Waals surface area contributed by atoms with E-state index in [4.69, 9.17) is 4.74 Å². The van der Waals surface area contributed by atoms with Crippen LogP contribution in [0.3, 0.4) is 0 Å². The third kappa shape index (κ3) is 5.01. The van der Waals surface area contributed by atoms with Gasteiger partial charge in [0.2, 0.25) is 6.10 Å². The SMILES string of the molecule is CC(=O)O[C@H](c1cccc([N+](=O)[O-])c1)[C@@H](Sc1ccccc1)[N+](=O)[O-]. The highest BCUT2D eigenvalue weighted by molar-refractivity contribution is 7.99. The fourth-order valence-electron chi connectivity index (χ4n) is 2.14. The lowest BCUT2D eigenvalue weighted by atomic mass is 10.1. The van der Waals surface area contributed by atoms with Crippen LogP contribution in [-0.2, 0) is 9.53 Å². The van der Waals surface area contributed by atoms with Gasteiger partial charge in [-0.15, -0.1) is 0 Å². The van der Waals surface area contributed by atoms with E-state index in [1.807, 2.05) is 0 Å². The van der Waals surface area contributed by atoms with Crippen molar-refractivity contribution in [1.82, 2.24) is 0 Å². The molecule has 0 unspecified atom stereocenters. The summed E-state index contributed by atoms with van der Waals surface area (Å²) in [6, 6.07) is 13.9. The van der Waals surface area contributed by atoms with Crippen molar-refractivity contribution in [2.75, 3.05) is 0 Å². The molecule has 0 heterocycles. The van der Waals surface area contributed by atoms with E-state index < -0.39 is 27.3 Å². The first-order valence-electron chi connectivity index (χ1n) is 7.15. The van der Waals surface area contributed by atoms with Crippen molar-refractivity contribution in [2.24, 2.45) is 0 Å². The quantitative estimate of drug-likeness (QED) is 0.243. The zero-order chi connectivity index (χ0) is 18.4. The summed E-state index contributed by atoms with van der Waals surface area (Å²) >= 11 is 0.910. The van der Waals surface area contributed by atoms with Gasteiger partial charge in [0.05, 0.1) is 4.92 Å². The lowest BCUT2D eigenvalue weighted by molar-refractivity contribution is -0.507. The minimum Gasteiger partial charge on any atom is -0.449 e. The maximum atomic E-state index is 11.6. The van der Waals surface area contributed by atoms with E-state index in [0.717, 1.165) is 18.7 Å². The van der Waals surface area contributed by atoms with Crippen LogP contribution < -0.4 is 0 Å². The van der Waals surface area contributed by atoms with Crippen LogP contribution in [0.5, 0.6) is 0 Å². The summed E-state index contributed by atoms with van der Waals surface area (Å²) in [4.78, 5) is 33.4. The van der Waals surface area contributed by atoms with E-state index in [0.29, 0.717) is 4.90 Å². The number of nitro groups is 2. The van der Waals surface area contributed by atoms with E-state index >= 15 is 0 Å². The maximum absolute atomic E-state index is 11.6. The number of esters is 1. The monoisotopic (exact) mass is 362 g/mol. The van der Waals surface area contributed by atoms with Crippen LogP contribution in [-0.4, -0.2) is 21.2 Å². The Kier molecular flexibility index (Phi) is 6.07. The standard InChI is InChI=1S/C16H14N2O6S/c1-11(19)24-15(12-6-5-7-13(10-12)17(20)21)16(18(22)23)25-14-8-3-2-4-9-14/h2-10,15-16H,1H3/t15-,16-/m1/s1. The Morgan fingerprint density at radius 3 is 2.32 bits per heavy atom. The third-order valence-corrected chi connectivity index (χ3v) is 4.37. The lowest BCUT2D eigenvalue weighted by Crippen LogP contribution is -2.28. The number of hydrogen-bond acceptors (Lipinski definition) is 7. The molecule has 2 rings (SSSR count). The van der Waals surface area contributed by atoms with Gasteiger partial charge in [-0.2, -0.15) is 0 Å². The minimum atomic E-state index is -1.35. The number of benzene rings is 2. The van der Waals surface area contributed by atoms with Crippen molar-refractivity contribution in [2.45, 2.75) is 23.3 Å². The average Bonchev–Trinajstić information content (AvgIpc) is 2.58. The van der Waals surface area contributed by atoms with Gasteiger partial charge < -0.3 is 4.74 Å². The number of hydrogen-bond donors (Lipinski definition) is 0. The maximum Gasteiger partial charge on any atom is 0.303 e. The van der Waals surface area contributed by atoms with Crippen LogP contribution in [0.1, 0.15) is 18.6 Å². The number of carbonyl (C=O) groups is 1. The Bertz CT molecular complexity index is 783. The zero-order valence-corrected chi connectivity index (χ0v) is 13.9. The van der Waals surface area contributed by atoms with E-state index in [1.165, 1.54) is 24.3 Å². The molecule has 0 amide bonds. The van der Waals surface area contributed by atoms with Gasteiger partial charge in [-0.1, -0.05) is 30.3 Å². The van der Waals surface area contributed by atoms with Crippen molar-refractivity contribution in [3.05, 3.63) is 80.4 Å². The number of carbonyl (C=O) groups excluding carboxylic acids is 1. The zero-order valence-electron chi connectivity index (χ0n) is 13.1. The van der Waals surface area contributed by atoms with Crippen LogP contribution in [0.25, 0.3) is 0 Å². The Hall–Kier alpha value is -2.94. The highest BCUT2D eigenvalue weighted by Crippen LogP contribution is 2.36. The van der Waals surface area contributed by atoms with Gasteiger partial charge >= 0.3 is 11.3 Å². The van der Waals surface area contributed by atoms with Crippen molar-refractivity contribution in [1.29, 1.82) is 0 Å². The summed E-state index contributed by atoms with van der Waals surface area (Å²) in [7, 11) is 0. The highest BCUT2D eigenvalue weighted by Gasteiger charge is 2.37. The van der Waals surface area contributed by atoms with Gasteiger partial charge in [-0.25, -0.2) is 0 Å². The molecular formula is C16H14N2O6S. The van der Waals surface area contributed by atoms with Crippen LogP contribution in [0, 0.1) is 20.2 Å². The van der Waals surface area contributed by atoms with Gasteiger partial charge in [0.15, 0.2) is 0 Å². The molecule has 0 aliphatic heterocycles. The molecule has 2 atom stereocenters. The predicted molar refractivity (Wildman–Crippen MR) is 90.7 cm³/mol. The molecule has 130 valence electrons. The van der Waals surface area contributed by atoms with Gasteiger partial charge in [0, 0.05) is 34.4 Å². The number of ether oxygens (including phenoxy) is 1. The number of rotatable bonds is 7. The molecule has 0 aromatic heterocycles. The predicted octanol–water partition coefficient (Wildman–Crippen LogP) is 3.59. The second-order valence-corrected chi connectivity index (χ2v) is 6.18. The number of thioether (sulfide) groups is 1.